The average molecular weight is 229 g/mol. The summed E-state index contributed by atoms with van der Waals surface area (Å²) in [5, 5.41) is 2.96. The number of nitrogens with zero attached hydrogens (tertiary/aromatic N) is 2. The number of hydrogen-bond acceptors (Lipinski definition) is 5. The van der Waals surface area contributed by atoms with E-state index in [9.17, 15) is 4.79 Å². The maximum atomic E-state index is 11.2. The van der Waals surface area contributed by atoms with Gasteiger partial charge >= 0.3 is 0 Å². The molecule has 0 aliphatic rings. The molecule has 1 amide bonds. The summed E-state index contributed by atoms with van der Waals surface area (Å²) in [7, 11) is 0. The molecule has 0 spiro atoms. The van der Waals surface area contributed by atoms with Crippen molar-refractivity contribution in [1.29, 1.82) is 0 Å². The van der Waals surface area contributed by atoms with Gasteiger partial charge in [-0.3, -0.25) is 9.78 Å². The molecule has 0 aromatic carbocycles. The second-order valence-electron chi connectivity index (χ2n) is 3.36. The van der Waals surface area contributed by atoms with Gasteiger partial charge in [0.05, 0.1) is 11.3 Å². The number of aromatic nitrogens is 2. The minimum absolute atomic E-state index is 0.303. The summed E-state index contributed by atoms with van der Waals surface area (Å²) in [6.45, 7) is 0. The molecular formula is C11H11N5O. The number of amides is 1. The maximum absolute atomic E-state index is 11.2. The Labute approximate surface area is 97.7 Å². The summed E-state index contributed by atoms with van der Waals surface area (Å²) < 4.78 is 0. The van der Waals surface area contributed by atoms with Crippen LogP contribution in [-0.4, -0.2) is 15.9 Å². The van der Waals surface area contributed by atoms with Crippen LogP contribution in [0.25, 0.3) is 0 Å². The van der Waals surface area contributed by atoms with E-state index in [1.54, 1.807) is 30.5 Å². The van der Waals surface area contributed by atoms with Gasteiger partial charge in [0.15, 0.2) is 0 Å². The first-order valence-corrected chi connectivity index (χ1v) is 4.90. The van der Waals surface area contributed by atoms with Gasteiger partial charge < -0.3 is 16.8 Å². The molecule has 6 nitrogen and oxygen atoms in total. The lowest BCUT2D eigenvalue weighted by Crippen LogP contribution is -2.13. The summed E-state index contributed by atoms with van der Waals surface area (Å²) in [4.78, 5) is 19.1. The van der Waals surface area contributed by atoms with Crippen molar-refractivity contribution in [2.24, 2.45) is 5.73 Å². The second kappa shape index (κ2) is 4.48. The van der Waals surface area contributed by atoms with Gasteiger partial charge in [-0.25, -0.2) is 4.98 Å². The summed E-state index contributed by atoms with van der Waals surface area (Å²) in [6, 6.07) is 6.81. The zero-order valence-corrected chi connectivity index (χ0v) is 8.92. The molecule has 0 saturated heterocycles. The van der Waals surface area contributed by atoms with Crippen LogP contribution in [0, 0.1) is 0 Å². The molecule has 2 rings (SSSR count). The van der Waals surface area contributed by atoms with E-state index >= 15 is 0 Å². The van der Waals surface area contributed by atoms with Crippen LogP contribution in [0.15, 0.2) is 36.7 Å². The third-order valence-electron chi connectivity index (χ3n) is 2.12. The summed E-state index contributed by atoms with van der Waals surface area (Å²) >= 11 is 0. The minimum Gasteiger partial charge on any atom is -0.384 e. The highest BCUT2D eigenvalue weighted by molar-refractivity contribution is 5.98. The molecule has 2 aromatic rings. The number of anilines is 3. The van der Waals surface area contributed by atoms with Gasteiger partial charge in [0, 0.05) is 12.4 Å². The van der Waals surface area contributed by atoms with Crippen LogP contribution in [0.3, 0.4) is 0 Å². The first-order valence-electron chi connectivity index (χ1n) is 4.90. The largest absolute Gasteiger partial charge is 0.384 e. The lowest BCUT2D eigenvalue weighted by Gasteiger charge is -2.08. The second-order valence-corrected chi connectivity index (χ2v) is 3.36. The molecule has 0 radical (unpaired) electrons. The van der Waals surface area contributed by atoms with Crippen LogP contribution in [-0.2, 0) is 0 Å². The van der Waals surface area contributed by atoms with Crippen molar-refractivity contribution in [2.75, 3.05) is 11.1 Å². The quantitative estimate of drug-likeness (QED) is 0.724. The van der Waals surface area contributed by atoms with Crippen LogP contribution >= 0.6 is 0 Å². The lowest BCUT2D eigenvalue weighted by atomic mass is 10.2. The van der Waals surface area contributed by atoms with Crippen LogP contribution in [0.5, 0.6) is 0 Å². The molecule has 0 bridgehead atoms. The molecule has 6 heteroatoms. The number of carbonyl (C=O) groups excluding carboxylic acids is 1. The van der Waals surface area contributed by atoms with Gasteiger partial charge in [-0.2, -0.15) is 0 Å². The fraction of sp³-hybridized carbons (Fsp3) is 0. The Morgan fingerprint density at radius 3 is 2.82 bits per heavy atom. The highest BCUT2D eigenvalue weighted by Gasteiger charge is 2.08. The van der Waals surface area contributed by atoms with Gasteiger partial charge in [-0.05, 0) is 18.2 Å². The number of nitrogens with one attached hydrogen (secondary N) is 1. The standard InChI is InChI=1S/C11H11N5O/c12-9-2-1-3-10(16-9)15-8-4-5-14-6-7(8)11(13)17/h1-6H,(H2,13,17)(H3,12,14,15,16). The molecule has 0 aliphatic carbocycles. The smallest absolute Gasteiger partial charge is 0.252 e. The average Bonchev–Trinajstić information content (AvgIpc) is 2.29. The molecule has 0 unspecified atom stereocenters. The zero-order valence-electron chi connectivity index (χ0n) is 8.92. The third kappa shape index (κ3) is 2.49. The number of carbonyl (C=O) groups is 1. The molecule has 2 heterocycles. The van der Waals surface area contributed by atoms with Crippen LogP contribution < -0.4 is 16.8 Å². The third-order valence-corrected chi connectivity index (χ3v) is 2.12. The molecule has 0 saturated carbocycles. The van der Waals surface area contributed by atoms with E-state index in [0.29, 0.717) is 22.9 Å². The zero-order chi connectivity index (χ0) is 12.3. The van der Waals surface area contributed by atoms with Crippen molar-refractivity contribution in [2.45, 2.75) is 0 Å². The Balaban J connectivity index is 2.33. The molecule has 2 aromatic heterocycles. The van der Waals surface area contributed by atoms with E-state index in [2.05, 4.69) is 15.3 Å². The number of nitrogens with two attached hydrogens (primary N) is 2. The predicted octanol–water partition coefficient (Wildman–Crippen LogP) is 0.901. The molecule has 5 N–H and O–H groups in total. The molecule has 0 fully saturated rings. The fourth-order valence-electron chi connectivity index (χ4n) is 1.36. The molecule has 0 atom stereocenters. The highest BCUT2D eigenvalue weighted by atomic mass is 16.1. The van der Waals surface area contributed by atoms with E-state index in [4.69, 9.17) is 11.5 Å². The first kappa shape index (κ1) is 10.9. The summed E-state index contributed by atoms with van der Waals surface area (Å²) in [5.41, 5.74) is 11.6. The Kier molecular flexibility index (Phi) is 2.87. The van der Waals surface area contributed by atoms with Crippen molar-refractivity contribution in [3.63, 3.8) is 0 Å². The van der Waals surface area contributed by atoms with Crippen molar-refractivity contribution in [1.82, 2.24) is 9.97 Å². The molecular weight excluding hydrogens is 218 g/mol. The fourth-order valence-corrected chi connectivity index (χ4v) is 1.36. The topological polar surface area (TPSA) is 107 Å². The van der Waals surface area contributed by atoms with Crippen molar-refractivity contribution in [3.05, 3.63) is 42.2 Å². The Bertz CT molecular complexity index is 555. The van der Waals surface area contributed by atoms with Crippen molar-refractivity contribution in [3.8, 4) is 0 Å². The Morgan fingerprint density at radius 1 is 1.29 bits per heavy atom. The van der Waals surface area contributed by atoms with Gasteiger partial charge in [-0.1, -0.05) is 6.07 Å². The van der Waals surface area contributed by atoms with Gasteiger partial charge in [0.25, 0.3) is 5.91 Å². The summed E-state index contributed by atoms with van der Waals surface area (Å²) in [5.74, 6) is 0.382. The van der Waals surface area contributed by atoms with E-state index in [1.165, 1.54) is 6.20 Å². The van der Waals surface area contributed by atoms with Crippen LogP contribution in [0.2, 0.25) is 0 Å². The Morgan fingerprint density at radius 2 is 2.12 bits per heavy atom. The highest BCUT2D eigenvalue weighted by Crippen LogP contribution is 2.18. The molecule has 86 valence electrons. The van der Waals surface area contributed by atoms with Crippen LogP contribution in [0.4, 0.5) is 17.3 Å². The van der Waals surface area contributed by atoms with Crippen molar-refractivity contribution < 1.29 is 4.79 Å². The number of pyridine rings is 2. The number of rotatable bonds is 3. The van der Waals surface area contributed by atoms with E-state index in [-0.39, 0.29) is 0 Å². The molecule has 0 aliphatic heterocycles. The normalized spacial score (nSPS) is 9.88. The van der Waals surface area contributed by atoms with E-state index in [0.717, 1.165) is 0 Å². The summed E-state index contributed by atoms with van der Waals surface area (Å²) in [6.07, 6.45) is 2.96. The van der Waals surface area contributed by atoms with Crippen LogP contribution in [0.1, 0.15) is 10.4 Å². The first-order chi connectivity index (χ1) is 8.16. The van der Waals surface area contributed by atoms with Gasteiger partial charge in [0.2, 0.25) is 0 Å². The van der Waals surface area contributed by atoms with E-state index in [1.807, 2.05) is 0 Å². The monoisotopic (exact) mass is 229 g/mol. The minimum atomic E-state index is -0.551. The SMILES string of the molecule is NC(=O)c1cnccc1Nc1cccc(N)n1. The number of primary amides is 1. The van der Waals surface area contributed by atoms with Gasteiger partial charge in [0.1, 0.15) is 11.6 Å². The maximum Gasteiger partial charge on any atom is 0.252 e. The predicted molar refractivity (Wildman–Crippen MR) is 64.7 cm³/mol. The Hall–Kier alpha value is -2.63. The van der Waals surface area contributed by atoms with Gasteiger partial charge in [-0.15, -0.1) is 0 Å². The van der Waals surface area contributed by atoms with E-state index < -0.39 is 5.91 Å². The number of nitrogen functional groups attached to an aromatic ring is 1. The van der Waals surface area contributed by atoms with Crippen molar-refractivity contribution >= 4 is 23.2 Å². The number of hydrogen-bond donors (Lipinski definition) is 3. The molecule has 17 heavy (non-hydrogen) atoms. The lowest BCUT2D eigenvalue weighted by molar-refractivity contribution is 0.100.